The lowest BCUT2D eigenvalue weighted by Crippen LogP contribution is -2.32. The molecule has 1 amide bonds. The maximum Gasteiger partial charge on any atom is 0.257 e. The van der Waals surface area contributed by atoms with Crippen LogP contribution in [0.25, 0.3) is 0 Å². The number of anilines is 1. The number of carbonyl (C=O) groups is 1. The molecule has 0 radical (unpaired) electrons. The van der Waals surface area contributed by atoms with Gasteiger partial charge in [-0.1, -0.05) is 0 Å². The molecule has 1 aromatic heterocycles. The molecule has 0 spiro atoms. The van der Waals surface area contributed by atoms with E-state index in [0.29, 0.717) is 13.1 Å². The van der Waals surface area contributed by atoms with Crippen LogP contribution in [0.5, 0.6) is 0 Å². The molecule has 0 aliphatic carbocycles. The fourth-order valence-corrected chi connectivity index (χ4v) is 1.38. The third-order valence-electron chi connectivity index (χ3n) is 2.28. The molecule has 0 aliphatic rings. The number of carbonyl (C=O) groups excluding carboxylic acids is 1. The van der Waals surface area contributed by atoms with Crippen molar-refractivity contribution < 1.29 is 9.18 Å². The molecule has 17 heavy (non-hydrogen) atoms. The van der Waals surface area contributed by atoms with Crippen molar-refractivity contribution >= 4 is 11.7 Å². The fourth-order valence-electron chi connectivity index (χ4n) is 1.38. The van der Waals surface area contributed by atoms with Crippen molar-refractivity contribution in [3.05, 3.63) is 23.6 Å². The number of hydrogen-bond donors (Lipinski definition) is 1. The van der Waals surface area contributed by atoms with Crippen molar-refractivity contribution in [1.82, 2.24) is 9.88 Å². The average Bonchev–Trinajstić information content (AvgIpc) is 2.33. The minimum atomic E-state index is -0.612. The molecule has 0 aromatic carbocycles. The second-order valence-electron chi connectivity index (χ2n) is 3.38. The summed E-state index contributed by atoms with van der Waals surface area (Å²) in [6, 6.07) is 3.01. The number of hydrogen-bond acceptors (Lipinski definition) is 4. The predicted octanol–water partition coefficient (Wildman–Crippen LogP) is 1.18. The quantitative estimate of drug-likeness (QED) is 0.850. The number of nitrogen functional groups attached to an aromatic ring is 1. The van der Waals surface area contributed by atoms with E-state index in [1.165, 1.54) is 4.90 Å². The highest BCUT2D eigenvalue weighted by Crippen LogP contribution is 2.13. The second-order valence-corrected chi connectivity index (χ2v) is 3.38. The third-order valence-corrected chi connectivity index (χ3v) is 2.28. The van der Waals surface area contributed by atoms with Crippen molar-refractivity contribution in [3.8, 4) is 6.07 Å². The van der Waals surface area contributed by atoms with Crippen molar-refractivity contribution in [1.29, 1.82) is 5.26 Å². The lowest BCUT2D eigenvalue weighted by atomic mass is 10.2. The highest BCUT2D eigenvalue weighted by Gasteiger charge is 2.17. The maximum atomic E-state index is 13.0. The second kappa shape index (κ2) is 5.80. The predicted molar refractivity (Wildman–Crippen MR) is 60.4 cm³/mol. The summed E-state index contributed by atoms with van der Waals surface area (Å²) >= 11 is 0. The van der Waals surface area contributed by atoms with E-state index in [1.807, 2.05) is 6.07 Å². The average molecular weight is 236 g/mol. The van der Waals surface area contributed by atoms with Crippen LogP contribution in [0.3, 0.4) is 0 Å². The third kappa shape index (κ3) is 3.14. The zero-order valence-electron chi connectivity index (χ0n) is 9.48. The van der Waals surface area contributed by atoms with Gasteiger partial charge in [0.05, 0.1) is 24.3 Å². The van der Waals surface area contributed by atoms with Crippen LogP contribution in [0.4, 0.5) is 10.2 Å². The molecule has 0 fully saturated rings. The van der Waals surface area contributed by atoms with E-state index in [2.05, 4.69) is 4.98 Å². The lowest BCUT2D eigenvalue weighted by molar-refractivity contribution is 0.0768. The lowest BCUT2D eigenvalue weighted by Gasteiger charge is -2.19. The molecule has 2 N–H and O–H groups in total. The number of nitriles is 1. The molecule has 1 aromatic rings. The van der Waals surface area contributed by atoms with Crippen molar-refractivity contribution in [3.63, 3.8) is 0 Å². The molecule has 0 atom stereocenters. The number of nitrogens with two attached hydrogens (primary N) is 1. The highest BCUT2D eigenvalue weighted by atomic mass is 19.1. The highest BCUT2D eigenvalue weighted by molar-refractivity contribution is 5.98. The van der Waals surface area contributed by atoms with E-state index in [4.69, 9.17) is 11.0 Å². The molecule has 0 bridgehead atoms. The van der Waals surface area contributed by atoms with Crippen molar-refractivity contribution in [2.24, 2.45) is 0 Å². The van der Waals surface area contributed by atoms with Crippen LogP contribution in [0.2, 0.25) is 0 Å². The van der Waals surface area contributed by atoms with Crippen LogP contribution in [0.1, 0.15) is 23.7 Å². The zero-order valence-corrected chi connectivity index (χ0v) is 9.48. The molecule has 1 rings (SSSR count). The number of halogens is 1. The van der Waals surface area contributed by atoms with Gasteiger partial charge in [-0.05, 0) is 13.0 Å². The Labute approximate surface area is 98.7 Å². The van der Waals surface area contributed by atoms with E-state index in [0.717, 1.165) is 12.3 Å². The maximum absolute atomic E-state index is 13.0. The number of pyridine rings is 1. The van der Waals surface area contributed by atoms with Gasteiger partial charge in [0.1, 0.15) is 11.6 Å². The number of nitrogens with zero attached hydrogens (tertiary/aromatic N) is 3. The first-order valence-electron chi connectivity index (χ1n) is 5.17. The Kier molecular flexibility index (Phi) is 4.40. The largest absolute Gasteiger partial charge is 0.383 e. The van der Waals surface area contributed by atoms with Crippen LogP contribution >= 0.6 is 0 Å². The van der Waals surface area contributed by atoms with Gasteiger partial charge in [0.25, 0.3) is 5.91 Å². The Morgan fingerprint density at radius 3 is 3.00 bits per heavy atom. The molecule has 0 saturated heterocycles. The molecule has 90 valence electrons. The van der Waals surface area contributed by atoms with E-state index in [1.54, 1.807) is 6.92 Å². The van der Waals surface area contributed by atoms with Gasteiger partial charge in [0.15, 0.2) is 0 Å². The van der Waals surface area contributed by atoms with Gasteiger partial charge >= 0.3 is 0 Å². The van der Waals surface area contributed by atoms with Crippen LogP contribution in [0, 0.1) is 17.1 Å². The monoisotopic (exact) mass is 236 g/mol. The summed E-state index contributed by atoms with van der Waals surface area (Å²) in [5.41, 5.74) is 5.55. The Balaban J connectivity index is 2.94. The van der Waals surface area contributed by atoms with Gasteiger partial charge in [-0.3, -0.25) is 4.79 Å². The molecule has 6 heteroatoms. The van der Waals surface area contributed by atoms with Gasteiger partial charge in [-0.25, -0.2) is 9.37 Å². The molecular formula is C11H13FN4O. The van der Waals surface area contributed by atoms with Gasteiger partial charge in [-0.15, -0.1) is 0 Å². The Morgan fingerprint density at radius 2 is 2.41 bits per heavy atom. The van der Waals surface area contributed by atoms with E-state index < -0.39 is 11.7 Å². The minimum absolute atomic E-state index is 0.00759. The van der Waals surface area contributed by atoms with E-state index >= 15 is 0 Å². The smallest absolute Gasteiger partial charge is 0.257 e. The van der Waals surface area contributed by atoms with Crippen molar-refractivity contribution in [2.45, 2.75) is 13.3 Å². The Hall–Kier alpha value is -2.16. The molecule has 0 unspecified atom stereocenters. The summed E-state index contributed by atoms with van der Waals surface area (Å²) in [4.78, 5) is 17.0. The molecule has 0 aliphatic heterocycles. The standard InChI is InChI=1S/C11H13FN4O/c1-2-16(5-3-4-13)11(17)9-6-8(12)7-15-10(9)14/h6-7H,2-3,5H2,1H3,(H2,14,15). The molecule has 5 nitrogen and oxygen atoms in total. The fraction of sp³-hybridized carbons (Fsp3) is 0.364. The summed E-state index contributed by atoms with van der Waals surface area (Å²) in [5, 5.41) is 8.48. The normalized spacial score (nSPS) is 9.71. The molecule has 1 heterocycles. The Morgan fingerprint density at radius 1 is 1.71 bits per heavy atom. The van der Waals surface area contributed by atoms with E-state index in [9.17, 15) is 9.18 Å². The number of amides is 1. The summed E-state index contributed by atoms with van der Waals surface area (Å²) < 4.78 is 13.0. The summed E-state index contributed by atoms with van der Waals surface area (Å²) in [7, 11) is 0. The van der Waals surface area contributed by atoms with Gasteiger partial charge in [-0.2, -0.15) is 5.26 Å². The Bertz CT molecular complexity index is 455. The number of rotatable bonds is 4. The summed E-state index contributed by atoms with van der Waals surface area (Å²) in [6.07, 6.45) is 1.18. The first kappa shape index (κ1) is 12.9. The van der Waals surface area contributed by atoms with Gasteiger partial charge in [0.2, 0.25) is 0 Å². The zero-order chi connectivity index (χ0) is 12.8. The van der Waals surface area contributed by atoms with Gasteiger partial charge < -0.3 is 10.6 Å². The van der Waals surface area contributed by atoms with E-state index in [-0.39, 0.29) is 17.8 Å². The first-order chi connectivity index (χ1) is 8.10. The van der Waals surface area contributed by atoms with Crippen LogP contribution in [-0.2, 0) is 0 Å². The number of aromatic nitrogens is 1. The minimum Gasteiger partial charge on any atom is -0.383 e. The topological polar surface area (TPSA) is 83.0 Å². The van der Waals surface area contributed by atoms with Crippen LogP contribution < -0.4 is 5.73 Å². The SMILES string of the molecule is CCN(CCC#N)C(=O)c1cc(F)cnc1N. The summed E-state index contributed by atoms with van der Waals surface area (Å²) in [5.74, 6) is -1.03. The van der Waals surface area contributed by atoms with Crippen molar-refractivity contribution in [2.75, 3.05) is 18.8 Å². The van der Waals surface area contributed by atoms with Crippen LogP contribution in [0.15, 0.2) is 12.3 Å². The van der Waals surface area contributed by atoms with Gasteiger partial charge in [0, 0.05) is 13.1 Å². The summed E-state index contributed by atoms with van der Waals surface area (Å²) in [6.45, 7) is 2.50. The molecule has 0 saturated carbocycles. The van der Waals surface area contributed by atoms with Crippen LogP contribution in [-0.4, -0.2) is 28.9 Å². The molecular weight excluding hydrogens is 223 g/mol. The first-order valence-corrected chi connectivity index (χ1v) is 5.17.